The van der Waals surface area contributed by atoms with Crippen LogP contribution >= 0.6 is 15.9 Å². The van der Waals surface area contributed by atoms with Crippen LogP contribution in [-0.4, -0.2) is 25.6 Å². The van der Waals surface area contributed by atoms with Crippen molar-refractivity contribution in [2.24, 2.45) is 5.92 Å². The molecule has 0 spiro atoms. The van der Waals surface area contributed by atoms with Crippen molar-refractivity contribution in [3.05, 3.63) is 87.7 Å². The van der Waals surface area contributed by atoms with Gasteiger partial charge in [0, 0.05) is 28.2 Å². The van der Waals surface area contributed by atoms with Crippen molar-refractivity contribution in [3.63, 3.8) is 0 Å². The molecular formula is C28H27BrFN3O3. The fourth-order valence-electron chi connectivity index (χ4n) is 4.96. The molecule has 1 saturated carbocycles. The van der Waals surface area contributed by atoms with Crippen molar-refractivity contribution in [1.82, 2.24) is 14.5 Å². The van der Waals surface area contributed by atoms with E-state index in [1.54, 1.807) is 18.3 Å². The van der Waals surface area contributed by atoms with E-state index in [0.29, 0.717) is 34.6 Å². The molecule has 1 aliphatic carbocycles. The van der Waals surface area contributed by atoms with Crippen LogP contribution in [-0.2, 0) is 17.9 Å². The van der Waals surface area contributed by atoms with Crippen LogP contribution in [0.3, 0.4) is 0 Å². The van der Waals surface area contributed by atoms with E-state index in [1.807, 2.05) is 41.8 Å². The number of aromatic nitrogens is 3. The van der Waals surface area contributed by atoms with Crippen molar-refractivity contribution in [2.75, 3.05) is 0 Å². The third-order valence-electron chi connectivity index (χ3n) is 6.87. The molecule has 6 nitrogen and oxygen atoms in total. The molecule has 8 heteroatoms. The summed E-state index contributed by atoms with van der Waals surface area (Å²) >= 11 is 3.32. The monoisotopic (exact) mass is 551 g/mol. The van der Waals surface area contributed by atoms with Crippen molar-refractivity contribution < 1.29 is 19.0 Å². The summed E-state index contributed by atoms with van der Waals surface area (Å²) in [5, 5.41) is 9.91. The minimum atomic E-state index is -0.803. The summed E-state index contributed by atoms with van der Waals surface area (Å²) in [5.74, 6) is -0.532. The number of rotatable bonds is 7. The number of carboxylic acid groups (broad SMARTS) is 1. The zero-order valence-electron chi connectivity index (χ0n) is 20.0. The summed E-state index contributed by atoms with van der Waals surface area (Å²) in [5.41, 5.74) is 3.93. The number of hydrogen-bond acceptors (Lipinski definition) is 4. The van der Waals surface area contributed by atoms with E-state index in [9.17, 15) is 14.3 Å². The fraction of sp³-hybridized carbons (Fsp3) is 0.321. The molecule has 36 heavy (non-hydrogen) atoms. The van der Waals surface area contributed by atoms with E-state index in [1.165, 1.54) is 6.07 Å². The largest absolute Gasteiger partial charge is 0.487 e. The highest BCUT2D eigenvalue weighted by Gasteiger charge is 2.35. The van der Waals surface area contributed by atoms with Gasteiger partial charge in [-0.25, -0.2) is 9.37 Å². The molecule has 2 aromatic heterocycles. The highest BCUT2D eigenvalue weighted by Crippen LogP contribution is 2.39. The predicted molar refractivity (Wildman–Crippen MR) is 139 cm³/mol. The molecule has 5 rings (SSSR count). The van der Waals surface area contributed by atoms with Crippen LogP contribution in [0.5, 0.6) is 5.75 Å². The van der Waals surface area contributed by atoms with Crippen molar-refractivity contribution in [3.8, 4) is 5.75 Å². The highest BCUT2D eigenvalue weighted by molar-refractivity contribution is 9.10. The molecule has 4 aromatic rings. The Morgan fingerprint density at radius 3 is 2.75 bits per heavy atom. The number of hydrogen-bond donors (Lipinski definition) is 1. The summed E-state index contributed by atoms with van der Waals surface area (Å²) in [6.45, 7) is 2.55. The lowest BCUT2D eigenvalue weighted by Gasteiger charge is -2.28. The first-order chi connectivity index (χ1) is 17.4. The lowest BCUT2D eigenvalue weighted by Crippen LogP contribution is -2.28. The van der Waals surface area contributed by atoms with Gasteiger partial charge in [-0.2, -0.15) is 0 Å². The van der Waals surface area contributed by atoms with Crippen LogP contribution < -0.4 is 4.74 Å². The number of nitrogens with zero attached hydrogens (tertiary/aromatic N) is 3. The van der Waals surface area contributed by atoms with Crippen LogP contribution in [0.1, 0.15) is 54.2 Å². The van der Waals surface area contributed by atoms with Crippen LogP contribution in [0.25, 0.3) is 11.0 Å². The molecule has 186 valence electrons. The fourth-order valence-corrected chi connectivity index (χ4v) is 5.29. The van der Waals surface area contributed by atoms with E-state index in [4.69, 9.17) is 9.72 Å². The number of pyridine rings is 1. The molecule has 2 heterocycles. The van der Waals surface area contributed by atoms with Gasteiger partial charge in [0.1, 0.15) is 24.0 Å². The quantitative estimate of drug-likeness (QED) is 0.279. The number of aryl methyl sites for hydroxylation is 1. The van der Waals surface area contributed by atoms with E-state index < -0.39 is 11.9 Å². The third kappa shape index (κ3) is 5.14. The van der Waals surface area contributed by atoms with Gasteiger partial charge in [0.05, 0.1) is 29.2 Å². The minimum absolute atomic E-state index is 0.233. The zero-order chi connectivity index (χ0) is 25.2. The Bertz CT molecular complexity index is 1400. The van der Waals surface area contributed by atoms with Gasteiger partial charge in [-0.1, -0.05) is 40.9 Å². The predicted octanol–water partition coefficient (Wildman–Crippen LogP) is 6.63. The number of imidazole rings is 1. The van der Waals surface area contributed by atoms with Gasteiger partial charge in [0.15, 0.2) is 0 Å². The van der Waals surface area contributed by atoms with E-state index in [2.05, 4.69) is 20.9 Å². The van der Waals surface area contributed by atoms with Gasteiger partial charge in [0.25, 0.3) is 0 Å². The molecule has 2 atom stereocenters. The Balaban J connectivity index is 1.55. The molecule has 0 aliphatic heterocycles. The Hall–Kier alpha value is -3.26. The van der Waals surface area contributed by atoms with Crippen molar-refractivity contribution in [1.29, 1.82) is 0 Å². The summed E-state index contributed by atoms with van der Waals surface area (Å²) in [6.07, 6.45) is 5.00. The summed E-state index contributed by atoms with van der Waals surface area (Å²) in [4.78, 5) is 21.4. The smallest absolute Gasteiger partial charge is 0.307 e. The number of benzene rings is 2. The molecule has 0 radical (unpaired) electrons. The Morgan fingerprint density at radius 2 is 2.00 bits per heavy atom. The lowest BCUT2D eigenvalue weighted by atomic mass is 9.78. The number of halogens is 2. The molecular weight excluding hydrogens is 525 g/mol. The summed E-state index contributed by atoms with van der Waals surface area (Å²) < 4.78 is 23.5. The number of carbonyl (C=O) groups is 1. The first kappa shape index (κ1) is 24.4. The second kappa shape index (κ2) is 10.4. The number of aliphatic carboxylic acids is 1. The van der Waals surface area contributed by atoms with Gasteiger partial charge >= 0.3 is 5.97 Å². The molecule has 0 amide bonds. The van der Waals surface area contributed by atoms with Gasteiger partial charge < -0.3 is 14.4 Å². The van der Waals surface area contributed by atoms with Crippen LogP contribution in [0.15, 0.2) is 59.2 Å². The Labute approximate surface area is 217 Å². The summed E-state index contributed by atoms with van der Waals surface area (Å²) in [6, 6.07) is 14.5. The molecule has 2 aromatic carbocycles. The van der Waals surface area contributed by atoms with Crippen LogP contribution in [0.4, 0.5) is 4.39 Å². The maximum absolute atomic E-state index is 14.8. The molecule has 1 N–H and O–H groups in total. The van der Waals surface area contributed by atoms with Crippen LogP contribution in [0, 0.1) is 18.7 Å². The van der Waals surface area contributed by atoms with E-state index in [-0.39, 0.29) is 18.3 Å². The Morgan fingerprint density at radius 1 is 1.17 bits per heavy atom. The van der Waals surface area contributed by atoms with Gasteiger partial charge in [0.2, 0.25) is 0 Å². The molecule has 1 aliphatic rings. The van der Waals surface area contributed by atoms with Gasteiger partial charge in [-0.15, -0.1) is 0 Å². The molecule has 0 saturated heterocycles. The van der Waals surface area contributed by atoms with Gasteiger partial charge in [-0.3, -0.25) is 9.78 Å². The highest BCUT2D eigenvalue weighted by atomic mass is 79.9. The second-order valence-electron chi connectivity index (χ2n) is 9.39. The first-order valence-corrected chi connectivity index (χ1v) is 12.9. The third-order valence-corrected chi connectivity index (χ3v) is 7.36. The maximum atomic E-state index is 14.8. The maximum Gasteiger partial charge on any atom is 0.307 e. The normalized spacial score (nSPS) is 17.9. The zero-order valence-corrected chi connectivity index (χ0v) is 21.5. The van der Waals surface area contributed by atoms with Crippen molar-refractivity contribution >= 4 is 32.9 Å². The minimum Gasteiger partial charge on any atom is -0.487 e. The van der Waals surface area contributed by atoms with Crippen LogP contribution in [0.2, 0.25) is 0 Å². The molecule has 1 unspecified atom stereocenters. The summed E-state index contributed by atoms with van der Waals surface area (Å²) in [7, 11) is 0. The average Bonchev–Trinajstić information content (AvgIpc) is 3.22. The molecule has 1 fully saturated rings. The SMILES string of the molecule is Cc1ccc(COc2ccc3nc(C4CCCC[C@H]4C(=O)O)n(Cc4ccc(Br)cc4F)c3c2)nc1. The number of fused-ring (bicyclic) bond motifs is 1. The van der Waals surface area contributed by atoms with Gasteiger partial charge in [-0.05, 0) is 55.7 Å². The average molecular weight is 552 g/mol. The number of ether oxygens (including phenoxy) is 1. The number of carboxylic acids is 1. The first-order valence-electron chi connectivity index (χ1n) is 12.1. The lowest BCUT2D eigenvalue weighted by molar-refractivity contribution is -0.143. The topological polar surface area (TPSA) is 77.2 Å². The standard InChI is InChI=1S/C28H27BrFN3O3/c1-17-6-9-20(31-14-17)16-36-21-10-11-25-26(13-21)33(15-18-7-8-19(29)12-24(18)30)27(32-25)22-4-2-3-5-23(22)28(34)35/h6-14,22-23H,2-5,15-16H2,1H3,(H,34,35)/t22?,23-/m1/s1. The Kier molecular flexibility index (Phi) is 7.05. The second-order valence-corrected chi connectivity index (χ2v) is 10.3. The van der Waals surface area contributed by atoms with Crippen molar-refractivity contribution in [2.45, 2.75) is 51.7 Å². The van der Waals surface area contributed by atoms with E-state index in [0.717, 1.165) is 41.6 Å². The van der Waals surface area contributed by atoms with E-state index >= 15 is 0 Å². The molecule has 0 bridgehead atoms.